The standard InChI is InChI=1S/C29H26N2OS2/c1-4-10-21(11-5-1)28-24(29(32-30-28)22-12-6-2-7-13-22)20-23-14-15-25(33-23)26-16-17-27(34-26)31-18-8-3-9-19-31/h1-2,4-7,10-17,20,29H,3,8-9,18-19H2/b24-20-. The number of piperidine rings is 1. The monoisotopic (exact) mass is 482 g/mol. The number of anilines is 1. The summed E-state index contributed by atoms with van der Waals surface area (Å²) in [7, 11) is 0. The van der Waals surface area contributed by atoms with Gasteiger partial charge in [-0.1, -0.05) is 65.8 Å². The van der Waals surface area contributed by atoms with Gasteiger partial charge < -0.3 is 9.74 Å². The van der Waals surface area contributed by atoms with Crippen LogP contribution in [0.1, 0.15) is 41.4 Å². The second-order valence-corrected chi connectivity index (χ2v) is 10.9. The molecule has 1 atom stereocenters. The fraction of sp³-hybridized carbons (Fsp3) is 0.207. The third kappa shape index (κ3) is 4.33. The first kappa shape index (κ1) is 21.4. The molecule has 4 heterocycles. The van der Waals surface area contributed by atoms with Crippen molar-refractivity contribution in [3.63, 3.8) is 0 Å². The topological polar surface area (TPSA) is 24.8 Å². The quantitative estimate of drug-likeness (QED) is 0.288. The van der Waals surface area contributed by atoms with Crippen LogP contribution in [0.4, 0.5) is 5.00 Å². The molecule has 0 bridgehead atoms. The summed E-state index contributed by atoms with van der Waals surface area (Å²) in [6, 6.07) is 29.7. The molecule has 6 rings (SSSR count). The lowest BCUT2D eigenvalue weighted by Crippen LogP contribution is -2.28. The van der Waals surface area contributed by atoms with E-state index < -0.39 is 0 Å². The Morgan fingerprint density at radius 3 is 2.26 bits per heavy atom. The molecule has 0 saturated carbocycles. The second-order valence-electron chi connectivity index (χ2n) is 8.69. The van der Waals surface area contributed by atoms with Gasteiger partial charge in [-0.05, 0) is 55.2 Å². The van der Waals surface area contributed by atoms with Crippen molar-refractivity contribution in [3.8, 4) is 9.75 Å². The molecule has 34 heavy (non-hydrogen) atoms. The third-order valence-electron chi connectivity index (χ3n) is 6.38. The number of rotatable bonds is 5. The Labute approximate surface area is 208 Å². The van der Waals surface area contributed by atoms with Crippen LogP contribution in [-0.4, -0.2) is 18.8 Å². The van der Waals surface area contributed by atoms with Crippen LogP contribution >= 0.6 is 22.7 Å². The SMILES string of the molecule is C(=C1\C(c2ccccc2)=NOC1c1ccccc1)/c1ccc(-c2ccc(N3CCCCC3)s2)s1. The average molecular weight is 483 g/mol. The van der Waals surface area contributed by atoms with Crippen LogP contribution in [0.15, 0.2) is 95.7 Å². The van der Waals surface area contributed by atoms with Crippen molar-refractivity contribution in [1.82, 2.24) is 0 Å². The van der Waals surface area contributed by atoms with Crippen molar-refractivity contribution in [2.75, 3.05) is 18.0 Å². The molecule has 4 aromatic rings. The second kappa shape index (κ2) is 9.61. The molecule has 0 radical (unpaired) electrons. The molecule has 2 aromatic carbocycles. The molecule has 2 aliphatic rings. The Morgan fingerprint density at radius 2 is 1.47 bits per heavy atom. The maximum Gasteiger partial charge on any atom is 0.180 e. The van der Waals surface area contributed by atoms with Gasteiger partial charge in [-0.3, -0.25) is 0 Å². The van der Waals surface area contributed by atoms with E-state index in [0.29, 0.717) is 0 Å². The van der Waals surface area contributed by atoms with E-state index in [1.54, 1.807) is 0 Å². The van der Waals surface area contributed by atoms with E-state index in [9.17, 15) is 0 Å². The number of hydrogen-bond acceptors (Lipinski definition) is 5. The molecule has 1 fully saturated rings. The molecular formula is C29H26N2OS2. The summed E-state index contributed by atoms with van der Waals surface area (Å²) >= 11 is 3.74. The summed E-state index contributed by atoms with van der Waals surface area (Å²) < 4.78 is 0. The smallest absolute Gasteiger partial charge is 0.180 e. The van der Waals surface area contributed by atoms with Gasteiger partial charge in [-0.15, -0.1) is 22.7 Å². The highest BCUT2D eigenvalue weighted by molar-refractivity contribution is 7.24. The molecule has 5 heteroatoms. The highest BCUT2D eigenvalue weighted by Crippen LogP contribution is 2.40. The molecule has 0 N–H and O–H groups in total. The summed E-state index contributed by atoms with van der Waals surface area (Å²) in [6.45, 7) is 2.37. The highest BCUT2D eigenvalue weighted by atomic mass is 32.1. The lowest BCUT2D eigenvalue weighted by Gasteiger charge is -2.27. The molecule has 0 aliphatic carbocycles. The van der Waals surface area contributed by atoms with Gasteiger partial charge >= 0.3 is 0 Å². The van der Waals surface area contributed by atoms with E-state index >= 15 is 0 Å². The van der Waals surface area contributed by atoms with Gasteiger partial charge in [0.1, 0.15) is 5.71 Å². The predicted molar refractivity (Wildman–Crippen MR) is 145 cm³/mol. The van der Waals surface area contributed by atoms with Crippen LogP contribution in [0.25, 0.3) is 15.8 Å². The first-order valence-corrected chi connectivity index (χ1v) is 13.5. The van der Waals surface area contributed by atoms with E-state index in [-0.39, 0.29) is 6.10 Å². The Balaban J connectivity index is 1.32. The Bertz CT molecular complexity index is 1310. The van der Waals surface area contributed by atoms with Gasteiger partial charge in [0.05, 0.1) is 5.00 Å². The van der Waals surface area contributed by atoms with E-state index in [1.807, 2.05) is 46.9 Å². The van der Waals surface area contributed by atoms with E-state index in [2.05, 4.69) is 76.8 Å². The molecule has 3 nitrogen and oxygen atoms in total. The third-order valence-corrected chi connectivity index (χ3v) is 8.76. The van der Waals surface area contributed by atoms with Crippen LogP contribution in [0.5, 0.6) is 0 Å². The molecule has 170 valence electrons. The van der Waals surface area contributed by atoms with Crippen molar-refractivity contribution < 1.29 is 4.84 Å². The fourth-order valence-corrected chi connectivity index (χ4v) is 6.74. The Kier molecular flexibility index (Phi) is 6.04. The minimum Gasteiger partial charge on any atom is -0.382 e. The molecule has 0 amide bonds. The first-order valence-electron chi connectivity index (χ1n) is 11.9. The van der Waals surface area contributed by atoms with Crippen LogP contribution in [-0.2, 0) is 4.84 Å². The van der Waals surface area contributed by atoms with Crippen molar-refractivity contribution in [3.05, 3.63) is 107 Å². The molecule has 1 saturated heterocycles. The van der Waals surface area contributed by atoms with Crippen molar-refractivity contribution in [2.24, 2.45) is 5.16 Å². The Hall–Kier alpha value is -3.15. The van der Waals surface area contributed by atoms with Gasteiger partial charge in [-0.2, -0.15) is 0 Å². The molecule has 2 aromatic heterocycles. The minimum absolute atomic E-state index is 0.200. The maximum absolute atomic E-state index is 5.97. The molecule has 1 unspecified atom stereocenters. The van der Waals surface area contributed by atoms with Crippen LogP contribution in [0, 0.1) is 0 Å². The zero-order valence-electron chi connectivity index (χ0n) is 18.9. The average Bonchev–Trinajstić information content (AvgIpc) is 3.66. The molecule has 0 spiro atoms. The number of nitrogens with zero attached hydrogens (tertiary/aromatic N) is 2. The van der Waals surface area contributed by atoms with Gasteiger partial charge in [0.15, 0.2) is 6.10 Å². The number of thiophene rings is 2. The van der Waals surface area contributed by atoms with E-state index in [4.69, 9.17) is 4.84 Å². The minimum atomic E-state index is -0.200. The normalized spacial score (nSPS) is 19.3. The lowest BCUT2D eigenvalue weighted by molar-refractivity contribution is 0.105. The van der Waals surface area contributed by atoms with Crippen LogP contribution < -0.4 is 4.90 Å². The number of oxime groups is 1. The Morgan fingerprint density at radius 1 is 0.765 bits per heavy atom. The highest BCUT2D eigenvalue weighted by Gasteiger charge is 2.30. The molecular weight excluding hydrogens is 456 g/mol. The maximum atomic E-state index is 5.97. The largest absolute Gasteiger partial charge is 0.382 e. The van der Waals surface area contributed by atoms with Crippen LogP contribution in [0.2, 0.25) is 0 Å². The number of benzene rings is 2. The summed E-state index contributed by atoms with van der Waals surface area (Å²) in [6.07, 6.45) is 6.03. The summed E-state index contributed by atoms with van der Waals surface area (Å²) in [5.41, 5.74) is 4.21. The van der Waals surface area contributed by atoms with Crippen LogP contribution in [0.3, 0.4) is 0 Å². The summed E-state index contributed by atoms with van der Waals surface area (Å²) in [5, 5.41) is 5.91. The van der Waals surface area contributed by atoms with Gasteiger partial charge in [0.2, 0.25) is 0 Å². The van der Waals surface area contributed by atoms with Crippen molar-refractivity contribution >= 4 is 39.5 Å². The zero-order chi connectivity index (χ0) is 22.7. The van der Waals surface area contributed by atoms with Crippen molar-refractivity contribution in [2.45, 2.75) is 25.4 Å². The summed E-state index contributed by atoms with van der Waals surface area (Å²) in [5.74, 6) is 0. The first-order chi connectivity index (χ1) is 16.8. The summed E-state index contributed by atoms with van der Waals surface area (Å²) in [4.78, 5) is 12.4. The van der Waals surface area contributed by atoms with E-state index in [1.165, 1.54) is 52.0 Å². The van der Waals surface area contributed by atoms with Gasteiger partial charge in [-0.25, -0.2) is 0 Å². The van der Waals surface area contributed by atoms with E-state index in [0.717, 1.165) is 22.4 Å². The molecule has 2 aliphatic heterocycles. The predicted octanol–water partition coefficient (Wildman–Crippen LogP) is 8.03. The van der Waals surface area contributed by atoms with Crippen molar-refractivity contribution in [1.29, 1.82) is 0 Å². The van der Waals surface area contributed by atoms with Gasteiger partial charge in [0, 0.05) is 38.9 Å². The lowest BCUT2D eigenvalue weighted by atomic mass is 9.94. The fourth-order valence-electron chi connectivity index (χ4n) is 4.63. The zero-order valence-corrected chi connectivity index (χ0v) is 20.5. The van der Waals surface area contributed by atoms with Gasteiger partial charge in [0.25, 0.3) is 0 Å². The number of hydrogen-bond donors (Lipinski definition) is 0.